The van der Waals surface area contributed by atoms with E-state index in [1.54, 1.807) is 0 Å². The van der Waals surface area contributed by atoms with Gasteiger partial charge in [0.15, 0.2) is 0 Å². The summed E-state index contributed by atoms with van der Waals surface area (Å²) < 4.78 is 6.05. The zero-order valence-corrected chi connectivity index (χ0v) is 13.6. The SMILES string of the molecule is CCNc1nc(CC)nc(OCC2CC=CCC2C)c1C. The Morgan fingerprint density at radius 1 is 1.24 bits per heavy atom. The van der Waals surface area contributed by atoms with Crippen molar-refractivity contribution in [3.63, 3.8) is 0 Å². The van der Waals surface area contributed by atoms with E-state index in [1.807, 2.05) is 6.92 Å². The molecule has 1 heterocycles. The van der Waals surface area contributed by atoms with Gasteiger partial charge in [-0.05, 0) is 38.5 Å². The van der Waals surface area contributed by atoms with Crippen molar-refractivity contribution >= 4 is 5.82 Å². The van der Waals surface area contributed by atoms with Crippen LogP contribution in [0, 0.1) is 18.8 Å². The van der Waals surface area contributed by atoms with Gasteiger partial charge in [0.1, 0.15) is 11.6 Å². The van der Waals surface area contributed by atoms with Crippen molar-refractivity contribution in [1.29, 1.82) is 0 Å². The van der Waals surface area contributed by atoms with E-state index >= 15 is 0 Å². The van der Waals surface area contributed by atoms with Gasteiger partial charge in [-0.2, -0.15) is 4.98 Å². The second-order valence-electron chi connectivity index (χ2n) is 5.79. The van der Waals surface area contributed by atoms with E-state index in [1.165, 1.54) is 0 Å². The average molecular weight is 289 g/mol. The minimum absolute atomic E-state index is 0.581. The minimum Gasteiger partial charge on any atom is -0.477 e. The highest BCUT2D eigenvalue weighted by molar-refractivity contribution is 5.48. The molecule has 2 rings (SSSR count). The molecule has 0 spiro atoms. The van der Waals surface area contributed by atoms with Crippen molar-refractivity contribution in [2.75, 3.05) is 18.5 Å². The third-order valence-corrected chi connectivity index (χ3v) is 4.16. The molecule has 1 aliphatic carbocycles. The van der Waals surface area contributed by atoms with E-state index in [0.717, 1.165) is 55.5 Å². The van der Waals surface area contributed by atoms with Gasteiger partial charge in [0.25, 0.3) is 0 Å². The maximum atomic E-state index is 6.05. The van der Waals surface area contributed by atoms with Gasteiger partial charge < -0.3 is 10.1 Å². The fourth-order valence-electron chi connectivity index (χ4n) is 2.60. The van der Waals surface area contributed by atoms with E-state index in [4.69, 9.17) is 4.74 Å². The van der Waals surface area contributed by atoms with Crippen LogP contribution >= 0.6 is 0 Å². The highest BCUT2D eigenvalue weighted by Crippen LogP contribution is 2.27. The Hall–Kier alpha value is -1.58. The van der Waals surface area contributed by atoms with Crippen LogP contribution in [0.4, 0.5) is 5.82 Å². The summed E-state index contributed by atoms with van der Waals surface area (Å²) >= 11 is 0. The van der Waals surface area contributed by atoms with E-state index < -0.39 is 0 Å². The van der Waals surface area contributed by atoms with Crippen LogP contribution in [-0.2, 0) is 6.42 Å². The Balaban J connectivity index is 2.11. The summed E-state index contributed by atoms with van der Waals surface area (Å²) in [4.78, 5) is 9.09. The first-order valence-electron chi connectivity index (χ1n) is 8.04. The summed E-state index contributed by atoms with van der Waals surface area (Å²) in [5, 5.41) is 3.30. The normalized spacial score (nSPS) is 21.3. The second kappa shape index (κ2) is 7.43. The van der Waals surface area contributed by atoms with Crippen molar-refractivity contribution < 1.29 is 4.74 Å². The number of ether oxygens (including phenoxy) is 1. The van der Waals surface area contributed by atoms with Gasteiger partial charge in [-0.25, -0.2) is 4.98 Å². The molecule has 0 aliphatic heterocycles. The van der Waals surface area contributed by atoms with Crippen LogP contribution in [-0.4, -0.2) is 23.1 Å². The predicted octanol–water partition coefficient (Wildman–Crippen LogP) is 3.76. The molecule has 116 valence electrons. The summed E-state index contributed by atoms with van der Waals surface area (Å²) in [5.41, 5.74) is 1.01. The lowest BCUT2D eigenvalue weighted by Crippen LogP contribution is -2.22. The van der Waals surface area contributed by atoms with Crippen LogP contribution in [0.5, 0.6) is 5.88 Å². The fourth-order valence-corrected chi connectivity index (χ4v) is 2.60. The molecule has 4 heteroatoms. The van der Waals surface area contributed by atoms with Crippen LogP contribution in [0.2, 0.25) is 0 Å². The zero-order chi connectivity index (χ0) is 15.2. The molecular formula is C17H27N3O. The van der Waals surface area contributed by atoms with Gasteiger partial charge in [0.2, 0.25) is 5.88 Å². The smallest absolute Gasteiger partial charge is 0.221 e. The molecule has 0 saturated heterocycles. The summed E-state index contributed by atoms with van der Waals surface area (Å²) in [6.07, 6.45) is 7.61. The topological polar surface area (TPSA) is 47.0 Å². The molecule has 1 aromatic heterocycles. The Kier molecular flexibility index (Phi) is 5.59. The van der Waals surface area contributed by atoms with Crippen LogP contribution in [0.1, 0.15) is 45.0 Å². The monoisotopic (exact) mass is 289 g/mol. The Morgan fingerprint density at radius 3 is 2.67 bits per heavy atom. The first-order valence-corrected chi connectivity index (χ1v) is 8.04. The highest BCUT2D eigenvalue weighted by atomic mass is 16.5. The third-order valence-electron chi connectivity index (χ3n) is 4.16. The largest absolute Gasteiger partial charge is 0.477 e. The summed E-state index contributed by atoms with van der Waals surface area (Å²) in [6.45, 7) is 10.0. The van der Waals surface area contributed by atoms with Crippen molar-refractivity contribution in [2.24, 2.45) is 11.8 Å². The van der Waals surface area contributed by atoms with E-state index in [-0.39, 0.29) is 0 Å². The number of aryl methyl sites for hydroxylation is 1. The number of rotatable bonds is 6. The van der Waals surface area contributed by atoms with Crippen molar-refractivity contribution in [2.45, 2.75) is 47.0 Å². The molecule has 21 heavy (non-hydrogen) atoms. The van der Waals surface area contributed by atoms with Crippen molar-refractivity contribution in [3.8, 4) is 5.88 Å². The molecule has 4 nitrogen and oxygen atoms in total. The van der Waals surface area contributed by atoms with Crippen LogP contribution in [0.15, 0.2) is 12.2 Å². The van der Waals surface area contributed by atoms with Crippen LogP contribution in [0.25, 0.3) is 0 Å². The molecule has 0 amide bonds. The highest BCUT2D eigenvalue weighted by Gasteiger charge is 2.20. The van der Waals surface area contributed by atoms with Gasteiger partial charge in [0, 0.05) is 13.0 Å². The molecule has 1 N–H and O–H groups in total. The maximum Gasteiger partial charge on any atom is 0.221 e. The summed E-state index contributed by atoms with van der Waals surface area (Å²) in [6, 6.07) is 0. The van der Waals surface area contributed by atoms with Crippen LogP contribution < -0.4 is 10.1 Å². The molecule has 0 aromatic carbocycles. The van der Waals surface area contributed by atoms with Gasteiger partial charge >= 0.3 is 0 Å². The number of hydrogen-bond acceptors (Lipinski definition) is 4. The maximum absolute atomic E-state index is 6.05. The van der Waals surface area contributed by atoms with Crippen molar-refractivity contribution in [3.05, 3.63) is 23.5 Å². The van der Waals surface area contributed by atoms with Gasteiger partial charge in [-0.15, -0.1) is 0 Å². The standard InChI is InChI=1S/C17H27N3O/c1-5-15-19-16(18-6-2)13(4)17(20-15)21-11-14-10-8-7-9-12(14)3/h7-8,12,14H,5-6,9-11H2,1-4H3,(H,18,19,20). The molecule has 1 aliphatic rings. The van der Waals surface area contributed by atoms with Crippen molar-refractivity contribution in [1.82, 2.24) is 9.97 Å². The summed E-state index contributed by atoms with van der Waals surface area (Å²) in [5.74, 6) is 3.73. The van der Waals surface area contributed by atoms with E-state index in [9.17, 15) is 0 Å². The van der Waals surface area contributed by atoms with E-state index in [0.29, 0.717) is 11.8 Å². The average Bonchev–Trinajstić information content (AvgIpc) is 2.49. The number of nitrogens with zero attached hydrogens (tertiary/aromatic N) is 2. The molecular weight excluding hydrogens is 262 g/mol. The molecule has 2 unspecified atom stereocenters. The lowest BCUT2D eigenvalue weighted by Gasteiger charge is -2.25. The number of anilines is 1. The Bertz CT molecular complexity index is 499. The first kappa shape index (κ1) is 15.8. The zero-order valence-electron chi connectivity index (χ0n) is 13.6. The predicted molar refractivity (Wildman–Crippen MR) is 86.8 cm³/mol. The van der Waals surface area contributed by atoms with E-state index in [2.05, 4.69) is 48.2 Å². The summed E-state index contributed by atoms with van der Waals surface area (Å²) in [7, 11) is 0. The molecule has 0 fully saturated rings. The lowest BCUT2D eigenvalue weighted by atomic mass is 9.85. The Morgan fingerprint density at radius 2 is 2.00 bits per heavy atom. The fraction of sp³-hybridized carbons (Fsp3) is 0.647. The third kappa shape index (κ3) is 3.96. The van der Waals surface area contributed by atoms with Gasteiger partial charge in [-0.1, -0.05) is 26.0 Å². The van der Waals surface area contributed by atoms with Crippen LogP contribution in [0.3, 0.4) is 0 Å². The van der Waals surface area contributed by atoms with Gasteiger partial charge in [0.05, 0.1) is 12.2 Å². The quantitative estimate of drug-likeness (QED) is 0.810. The van der Waals surface area contributed by atoms with Gasteiger partial charge in [-0.3, -0.25) is 0 Å². The number of nitrogens with one attached hydrogen (secondary N) is 1. The number of aromatic nitrogens is 2. The molecule has 0 bridgehead atoms. The number of hydrogen-bond donors (Lipinski definition) is 1. The number of allylic oxidation sites excluding steroid dienone is 2. The molecule has 2 atom stereocenters. The first-order chi connectivity index (χ1) is 10.2. The molecule has 0 saturated carbocycles. The molecule has 0 radical (unpaired) electrons. The second-order valence-corrected chi connectivity index (χ2v) is 5.79. The minimum atomic E-state index is 0.581. The Labute approximate surface area is 128 Å². The molecule has 1 aromatic rings. The lowest BCUT2D eigenvalue weighted by molar-refractivity contribution is 0.191.